The Labute approximate surface area is 168 Å². The predicted molar refractivity (Wildman–Crippen MR) is 103 cm³/mol. The van der Waals surface area contributed by atoms with Crippen LogP contribution in [0.2, 0.25) is 0 Å². The number of aliphatic hydroxyl groups is 1. The number of para-hydroxylation sites is 1. The number of nitro groups is 2. The number of hydrogen-bond acceptors (Lipinski definition) is 8. The SMILES string of the molecule is O=C(O)/C=C/c1cccc([N+](=O)[O-])c1OC(=O)/C=C/c1cccc([N+](=O)[O-])c1CO. The number of aliphatic hydroxyl groups excluding tert-OH is 1. The van der Waals surface area contributed by atoms with Crippen LogP contribution >= 0.6 is 0 Å². The fourth-order valence-electron chi connectivity index (χ4n) is 2.47. The summed E-state index contributed by atoms with van der Waals surface area (Å²) in [5, 5.41) is 40.4. The highest BCUT2D eigenvalue weighted by Crippen LogP contribution is 2.32. The first kappa shape index (κ1) is 21.9. The van der Waals surface area contributed by atoms with Crippen molar-refractivity contribution in [3.63, 3.8) is 0 Å². The first-order valence-electron chi connectivity index (χ1n) is 8.20. The third kappa shape index (κ3) is 5.33. The van der Waals surface area contributed by atoms with E-state index in [4.69, 9.17) is 9.84 Å². The lowest BCUT2D eigenvalue weighted by Gasteiger charge is -2.07. The van der Waals surface area contributed by atoms with Crippen LogP contribution in [0.15, 0.2) is 48.6 Å². The molecule has 0 saturated carbocycles. The Morgan fingerprint density at radius 3 is 2.07 bits per heavy atom. The minimum atomic E-state index is -1.30. The monoisotopic (exact) mass is 414 g/mol. The van der Waals surface area contributed by atoms with Gasteiger partial charge in [0.1, 0.15) is 0 Å². The smallest absolute Gasteiger partial charge is 0.336 e. The van der Waals surface area contributed by atoms with E-state index in [9.17, 15) is 34.9 Å². The standard InChI is InChI=1S/C19H14N2O9/c22-11-14-12(3-1-5-15(14)20(26)27)8-10-18(25)30-19-13(7-9-17(23)24)4-2-6-16(19)21(28)29/h1-10,22H,11H2,(H,23,24)/b9-7+,10-8+. The van der Waals surface area contributed by atoms with Crippen molar-refractivity contribution in [3.8, 4) is 5.75 Å². The van der Waals surface area contributed by atoms with Gasteiger partial charge in [-0.3, -0.25) is 20.2 Å². The predicted octanol–water partition coefficient (Wildman–Crippen LogP) is 2.71. The van der Waals surface area contributed by atoms with Crippen LogP contribution in [-0.2, 0) is 16.2 Å². The summed E-state index contributed by atoms with van der Waals surface area (Å²) >= 11 is 0. The summed E-state index contributed by atoms with van der Waals surface area (Å²) in [6.45, 7) is -0.653. The molecule has 0 saturated heterocycles. The van der Waals surface area contributed by atoms with Crippen molar-refractivity contribution >= 4 is 35.5 Å². The number of nitro benzene ring substituents is 2. The normalized spacial score (nSPS) is 11.0. The maximum atomic E-state index is 12.2. The largest absolute Gasteiger partial charge is 0.478 e. The van der Waals surface area contributed by atoms with Gasteiger partial charge in [-0.15, -0.1) is 0 Å². The van der Waals surface area contributed by atoms with E-state index in [0.717, 1.165) is 30.4 Å². The number of carboxylic acid groups (broad SMARTS) is 1. The molecular formula is C19H14N2O9. The number of carboxylic acids is 1. The molecule has 0 aliphatic rings. The molecular weight excluding hydrogens is 400 g/mol. The maximum Gasteiger partial charge on any atom is 0.336 e. The molecule has 2 aromatic carbocycles. The molecule has 0 aliphatic carbocycles. The fourth-order valence-corrected chi connectivity index (χ4v) is 2.47. The maximum absolute atomic E-state index is 12.2. The lowest BCUT2D eigenvalue weighted by atomic mass is 10.1. The van der Waals surface area contributed by atoms with E-state index >= 15 is 0 Å². The summed E-state index contributed by atoms with van der Waals surface area (Å²) in [7, 11) is 0. The molecule has 2 rings (SSSR count). The highest BCUT2D eigenvalue weighted by atomic mass is 16.6. The summed E-state index contributed by atoms with van der Waals surface area (Å²) < 4.78 is 5.04. The summed E-state index contributed by atoms with van der Waals surface area (Å²) in [5.74, 6) is -2.82. The number of esters is 1. The van der Waals surface area contributed by atoms with Crippen LogP contribution in [0.1, 0.15) is 16.7 Å². The Bertz CT molecular complexity index is 1070. The van der Waals surface area contributed by atoms with Crippen LogP contribution in [0.25, 0.3) is 12.2 Å². The molecule has 30 heavy (non-hydrogen) atoms. The van der Waals surface area contributed by atoms with E-state index in [1.54, 1.807) is 0 Å². The molecule has 0 bridgehead atoms. The van der Waals surface area contributed by atoms with Crippen molar-refractivity contribution in [3.05, 3.63) is 85.5 Å². The van der Waals surface area contributed by atoms with Gasteiger partial charge in [0.15, 0.2) is 0 Å². The molecule has 11 heteroatoms. The Morgan fingerprint density at radius 2 is 1.50 bits per heavy atom. The Hall–Kier alpha value is -4.38. The van der Waals surface area contributed by atoms with Crippen LogP contribution in [0.5, 0.6) is 5.75 Å². The summed E-state index contributed by atoms with van der Waals surface area (Å²) in [6, 6.07) is 7.67. The molecule has 0 aromatic heterocycles. The van der Waals surface area contributed by atoms with E-state index in [-0.39, 0.29) is 22.4 Å². The quantitative estimate of drug-likeness (QED) is 0.217. The third-order valence-corrected chi connectivity index (χ3v) is 3.77. The second-order valence-corrected chi connectivity index (χ2v) is 5.64. The van der Waals surface area contributed by atoms with Gasteiger partial charge in [-0.2, -0.15) is 0 Å². The van der Waals surface area contributed by atoms with Crippen molar-refractivity contribution < 1.29 is 34.4 Å². The van der Waals surface area contributed by atoms with E-state index in [0.29, 0.717) is 0 Å². The molecule has 0 aliphatic heterocycles. The average Bonchev–Trinajstić information content (AvgIpc) is 2.70. The van der Waals surface area contributed by atoms with E-state index < -0.39 is 39.8 Å². The highest BCUT2D eigenvalue weighted by Gasteiger charge is 2.21. The minimum absolute atomic E-state index is 0.0141. The Morgan fingerprint density at radius 1 is 0.933 bits per heavy atom. The molecule has 0 spiro atoms. The number of rotatable bonds is 8. The topological polar surface area (TPSA) is 170 Å². The summed E-state index contributed by atoms with van der Waals surface area (Å²) in [4.78, 5) is 43.7. The Balaban J connectivity index is 2.37. The van der Waals surface area contributed by atoms with Crippen molar-refractivity contribution in [2.24, 2.45) is 0 Å². The first-order chi connectivity index (χ1) is 14.2. The minimum Gasteiger partial charge on any atom is -0.478 e. The molecule has 0 atom stereocenters. The number of benzene rings is 2. The fraction of sp³-hybridized carbons (Fsp3) is 0.0526. The molecule has 0 unspecified atom stereocenters. The number of aliphatic carboxylic acids is 1. The zero-order valence-electron chi connectivity index (χ0n) is 15.1. The van der Waals surface area contributed by atoms with Crippen molar-refractivity contribution in [2.75, 3.05) is 0 Å². The molecule has 2 N–H and O–H groups in total. The lowest BCUT2D eigenvalue weighted by molar-refractivity contribution is -0.385. The molecule has 0 amide bonds. The van der Waals surface area contributed by atoms with Gasteiger partial charge < -0.3 is 14.9 Å². The molecule has 2 aromatic rings. The van der Waals surface area contributed by atoms with Crippen LogP contribution in [0, 0.1) is 20.2 Å². The number of carbonyl (C=O) groups is 2. The molecule has 0 heterocycles. The first-order valence-corrected chi connectivity index (χ1v) is 8.20. The van der Waals surface area contributed by atoms with Gasteiger partial charge in [0.25, 0.3) is 5.69 Å². The molecule has 0 fully saturated rings. The van der Waals surface area contributed by atoms with Gasteiger partial charge in [-0.05, 0) is 17.7 Å². The van der Waals surface area contributed by atoms with Gasteiger partial charge in [0, 0.05) is 29.8 Å². The van der Waals surface area contributed by atoms with Crippen LogP contribution < -0.4 is 4.74 Å². The number of ether oxygens (including phenoxy) is 1. The van der Waals surface area contributed by atoms with E-state index in [1.165, 1.54) is 30.3 Å². The van der Waals surface area contributed by atoms with Gasteiger partial charge in [-0.1, -0.05) is 24.3 Å². The summed E-state index contributed by atoms with van der Waals surface area (Å²) in [6.07, 6.45) is 3.79. The van der Waals surface area contributed by atoms with E-state index in [1.807, 2.05) is 0 Å². The van der Waals surface area contributed by atoms with E-state index in [2.05, 4.69) is 0 Å². The number of carbonyl (C=O) groups excluding carboxylic acids is 1. The van der Waals surface area contributed by atoms with Crippen LogP contribution in [-0.4, -0.2) is 32.0 Å². The van der Waals surface area contributed by atoms with Gasteiger partial charge in [0.05, 0.1) is 22.0 Å². The second-order valence-electron chi connectivity index (χ2n) is 5.64. The van der Waals surface area contributed by atoms with Gasteiger partial charge in [0.2, 0.25) is 5.75 Å². The average molecular weight is 414 g/mol. The Kier molecular flexibility index (Phi) is 7.09. The molecule has 154 valence electrons. The summed E-state index contributed by atoms with van der Waals surface area (Å²) in [5.41, 5.74) is -0.761. The number of nitrogens with zero attached hydrogens (tertiary/aromatic N) is 2. The van der Waals surface area contributed by atoms with Gasteiger partial charge in [-0.25, -0.2) is 9.59 Å². The lowest BCUT2D eigenvalue weighted by Crippen LogP contribution is -2.07. The zero-order valence-corrected chi connectivity index (χ0v) is 15.1. The third-order valence-electron chi connectivity index (χ3n) is 3.77. The van der Waals surface area contributed by atoms with Crippen molar-refractivity contribution in [2.45, 2.75) is 6.61 Å². The van der Waals surface area contributed by atoms with Crippen molar-refractivity contribution in [1.29, 1.82) is 0 Å². The second kappa shape index (κ2) is 9.71. The zero-order chi connectivity index (χ0) is 22.3. The number of hydrogen-bond donors (Lipinski definition) is 2. The van der Waals surface area contributed by atoms with Crippen LogP contribution in [0.3, 0.4) is 0 Å². The van der Waals surface area contributed by atoms with Crippen molar-refractivity contribution in [1.82, 2.24) is 0 Å². The molecule has 0 radical (unpaired) electrons. The van der Waals surface area contributed by atoms with Crippen LogP contribution in [0.4, 0.5) is 11.4 Å². The van der Waals surface area contributed by atoms with Gasteiger partial charge >= 0.3 is 17.6 Å². The highest BCUT2D eigenvalue weighted by molar-refractivity contribution is 5.91. The molecule has 11 nitrogen and oxygen atoms in total.